The molecule has 1 aromatic carbocycles. The van der Waals surface area contributed by atoms with Gasteiger partial charge in [-0.1, -0.05) is 61.6 Å². The van der Waals surface area contributed by atoms with Crippen LogP contribution in [0.5, 0.6) is 0 Å². The van der Waals surface area contributed by atoms with Gasteiger partial charge in [-0.3, -0.25) is 9.59 Å². The molecule has 3 aliphatic rings. The Morgan fingerprint density at radius 1 is 0.941 bits per heavy atom. The average molecular weight is 714 g/mol. The third kappa shape index (κ3) is 11.1. The number of allylic oxidation sites excluding steroid dienone is 1. The first-order chi connectivity index (χ1) is 24.8. The summed E-state index contributed by atoms with van der Waals surface area (Å²) in [5, 5.41) is 44.2. The highest BCUT2D eigenvalue weighted by Gasteiger charge is 2.42. The minimum absolute atomic E-state index is 0.0162. The molecule has 2 aliphatic carbocycles. The van der Waals surface area contributed by atoms with Gasteiger partial charge in [-0.05, 0) is 50.7 Å². The fourth-order valence-corrected chi connectivity index (χ4v) is 7.12. The number of aliphatic hydroxyl groups excluding tert-OH is 3. The lowest BCUT2D eigenvalue weighted by molar-refractivity contribution is -0.294. The van der Waals surface area contributed by atoms with Gasteiger partial charge in [-0.15, -0.1) is 5.10 Å². The number of hydrogen-bond donors (Lipinski definition) is 5. The Balaban J connectivity index is 0.951. The van der Waals surface area contributed by atoms with E-state index in [4.69, 9.17) is 18.9 Å². The zero-order valence-electron chi connectivity index (χ0n) is 29.7. The molecule has 2 aromatic rings. The number of fused-ring (bicyclic) bond motifs is 1. The molecule has 282 valence electrons. The Morgan fingerprint density at radius 2 is 1.69 bits per heavy atom. The van der Waals surface area contributed by atoms with Crippen molar-refractivity contribution in [1.29, 1.82) is 0 Å². The molecule has 14 nitrogen and oxygen atoms in total. The molecule has 2 fully saturated rings. The molecule has 2 heterocycles. The number of benzene rings is 1. The van der Waals surface area contributed by atoms with Crippen LogP contribution >= 0.6 is 0 Å². The van der Waals surface area contributed by atoms with Crippen molar-refractivity contribution in [3.8, 4) is 11.3 Å². The Bertz CT molecular complexity index is 1400. The van der Waals surface area contributed by atoms with Gasteiger partial charge in [0.15, 0.2) is 6.29 Å². The van der Waals surface area contributed by atoms with Crippen LogP contribution in [-0.2, 0) is 30.3 Å². The second-order valence-electron chi connectivity index (χ2n) is 13.8. The summed E-state index contributed by atoms with van der Waals surface area (Å²) < 4.78 is 23.6. The third-order valence-electron chi connectivity index (χ3n) is 10.1. The van der Waals surface area contributed by atoms with Crippen molar-refractivity contribution < 1.29 is 43.9 Å². The fraction of sp³-hybridized carbons (Fsp3) is 0.676. The highest BCUT2D eigenvalue weighted by Crippen LogP contribution is 2.38. The summed E-state index contributed by atoms with van der Waals surface area (Å²) >= 11 is 0. The normalized spacial score (nSPS) is 28.2. The molecule has 0 radical (unpaired) electrons. The predicted octanol–water partition coefficient (Wildman–Crippen LogP) is 2.51. The standard InChI is InChI=1S/C37H55N5O9/c1-26-32(44)33(45)34(46)36(51-26)50-24-23-49-22-21-48-20-19-42-25-30(40-41-42)27-11-13-28(14-12-27)35(47)38-18-15-31(43)39-37-16-7-4-2-3-5-9-29(37)10-6-8-17-37/h8,11-14,17,25-26,29,32-34,36,44-46H,2-7,9-10,15-16,18-24H2,1H3,(H,38,47)(H,39,43)/t26-,29?,32+,33+,34-,36?,37?/m0/s1. The Morgan fingerprint density at radius 3 is 2.51 bits per heavy atom. The summed E-state index contributed by atoms with van der Waals surface area (Å²) in [7, 11) is 0. The SMILES string of the molecule is C[C@@H]1OC(OCCOCCOCCn2cc(-c3ccc(C(=O)NCCC(=O)NC45C=CCCC4CCCCCCC5)cc3)nn2)[C@@H](O)[C@H](O)[C@@H]1O. The number of aromatic nitrogens is 3. The smallest absolute Gasteiger partial charge is 0.251 e. The predicted molar refractivity (Wildman–Crippen MR) is 187 cm³/mol. The first-order valence-electron chi connectivity index (χ1n) is 18.5. The lowest BCUT2D eigenvalue weighted by atomic mass is 9.72. The Hall–Kier alpha value is -3.24. The van der Waals surface area contributed by atoms with Gasteiger partial charge < -0.3 is 44.9 Å². The number of carbonyl (C=O) groups excluding carboxylic acids is 2. The number of amides is 2. The van der Waals surface area contributed by atoms with Crippen molar-refractivity contribution in [2.75, 3.05) is 39.6 Å². The molecular weight excluding hydrogens is 658 g/mol. The molecule has 51 heavy (non-hydrogen) atoms. The van der Waals surface area contributed by atoms with E-state index in [1.807, 2.05) is 18.3 Å². The molecular formula is C37H55N5O9. The van der Waals surface area contributed by atoms with E-state index < -0.39 is 30.7 Å². The highest BCUT2D eigenvalue weighted by atomic mass is 16.7. The zero-order chi connectivity index (χ0) is 36.1. The molecule has 0 spiro atoms. The summed E-state index contributed by atoms with van der Waals surface area (Å²) in [6.45, 7) is 3.84. The second-order valence-corrected chi connectivity index (χ2v) is 13.8. The third-order valence-corrected chi connectivity index (χ3v) is 10.1. The van der Waals surface area contributed by atoms with Crippen LogP contribution < -0.4 is 10.6 Å². The van der Waals surface area contributed by atoms with E-state index in [0.717, 1.165) is 37.7 Å². The molecule has 5 N–H and O–H groups in total. The molecule has 1 saturated heterocycles. The summed E-state index contributed by atoms with van der Waals surface area (Å²) in [5.74, 6) is 0.240. The number of nitrogens with zero attached hydrogens (tertiary/aromatic N) is 3. The van der Waals surface area contributed by atoms with Crippen molar-refractivity contribution in [2.45, 2.75) is 114 Å². The summed E-state index contributed by atoms with van der Waals surface area (Å²) in [4.78, 5) is 25.9. The monoisotopic (exact) mass is 713 g/mol. The first kappa shape index (κ1) is 39.0. The van der Waals surface area contributed by atoms with Crippen LogP contribution in [0.4, 0.5) is 0 Å². The molecule has 7 atom stereocenters. The maximum absolute atomic E-state index is 13.0. The van der Waals surface area contributed by atoms with Gasteiger partial charge in [0, 0.05) is 24.1 Å². The van der Waals surface area contributed by atoms with Gasteiger partial charge in [0.05, 0.1) is 57.4 Å². The van der Waals surface area contributed by atoms with Crippen molar-refractivity contribution in [3.63, 3.8) is 0 Å². The van der Waals surface area contributed by atoms with Crippen LogP contribution in [0.3, 0.4) is 0 Å². The average Bonchev–Trinajstić information content (AvgIpc) is 3.64. The van der Waals surface area contributed by atoms with Crippen LogP contribution in [0.1, 0.15) is 81.5 Å². The number of ether oxygens (including phenoxy) is 4. The van der Waals surface area contributed by atoms with E-state index in [2.05, 4.69) is 33.1 Å². The van der Waals surface area contributed by atoms with E-state index in [1.165, 1.54) is 25.7 Å². The largest absolute Gasteiger partial charge is 0.388 e. The molecule has 1 aliphatic heterocycles. The van der Waals surface area contributed by atoms with Gasteiger partial charge in [-0.25, -0.2) is 4.68 Å². The van der Waals surface area contributed by atoms with Gasteiger partial charge in [0.2, 0.25) is 5.91 Å². The van der Waals surface area contributed by atoms with Crippen LogP contribution in [0, 0.1) is 5.92 Å². The fourth-order valence-electron chi connectivity index (χ4n) is 7.12. The molecule has 3 unspecified atom stereocenters. The lowest BCUT2D eigenvalue weighted by Crippen LogP contribution is -2.57. The molecule has 14 heteroatoms. The number of carbonyl (C=O) groups is 2. The number of aliphatic hydroxyl groups is 3. The van der Waals surface area contributed by atoms with E-state index in [0.29, 0.717) is 43.5 Å². The molecule has 0 bridgehead atoms. The second kappa shape index (κ2) is 19.6. The first-order valence-corrected chi connectivity index (χ1v) is 18.5. The highest BCUT2D eigenvalue weighted by molar-refractivity contribution is 5.94. The molecule has 1 aromatic heterocycles. The molecule has 2 amide bonds. The zero-order valence-corrected chi connectivity index (χ0v) is 29.7. The van der Waals surface area contributed by atoms with Crippen LogP contribution in [0.25, 0.3) is 11.3 Å². The lowest BCUT2D eigenvalue weighted by Gasteiger charge is -2.42. The van der Waals surface area contributed by atoms with Crippen molar-refractivity contribution in [1.82, 2.24) is 25.6 Å². The van der Waals surface area contributed by atoms with E-state index in [1.54, 1.807) is 23.7 Å². The van der Waals surface area contributed by atoms with Crippen molar-refractivity contribution in [3.05, 3.63) is 48.2 Å². The number of hydrogen-bond acceptors (Lipinski definition) is 11. The van der Waals surface area contributed by atoms with Gasteiger partial charge in [0.25, 0.3) is 5.91 Å². The van der Waals surface area contributed by atoms with Crippen molar-refractivity contribution in [2.24, 2.45) is 5.92 Å². The van der Waals surface area contributed by atoms with Crippen LogP contribution in [0.15, 0.2) is 42.6 Å². The summed E-state index contributed by atoms with van der Waals surface area (Å²) in [6.07, 6.45) is 11.4. The number of rotatable bonds is 16. The van der Waals surface area contributed by atoms with Crippen LogP contribution in [-0.4, -0.2) is 118 Å². The quantitative estimate of drug-likeness (QED) is 0.127. The van der Waals surface area contributed by atoms with Gasteiger partial charge >= 0.3 is 0 Å². The maximum atomic E-state index is 13.0. The topological polar surface area (TPSA) is 187 Å². The van der Waals surface area contributed by atoms with Gasteiger partial charge in [0.1, 0.15) is 24.0 Å². The summed E-state index contributed by atoms with van der Waals surface area (Å²) in [6, 6.07) is 7.13. The van der Waals surface area contributed by atoms with Gasteiger partial charge in [-0.2, -0.15) is 0 Å². The minimum atomic E-state index is -1.34. The van der Waals surface area contributed by atoms with Crippen molar-refractivity contribution >= 4 is 11.8 Å². The minimum Gasteiger partial charge on any atom is -0.388 e. The van der Waals surface area contributed by atoms with E-state index in [9.17, 15) is 24.9 Å². The van der Waals surface area contributed by atoms with E-state index in [-0.39, 0.29) is 43.5 Å². The van der Waals surface area contributed by atoms with Crippen LogP contribution in [0.2, 0.25) is 0 Å². The Kier molecular flexibility index (Phi) is 14.9. The van der Waals surface area contributed by atoms with E-state index >= 15 is 0 Å². The summed E-state index contributed by atoms with van der Waals surface area (Å²) in [5.41, 5.74) is 1.75. The number of nitrogens with one attached hydrogen (secondary N) is 2. The Labute approximate surface area is 299 Å². The molecule has 1 saturated carbocycles. The maximum Gasteiger partial charge on any atom is 0.251 e. The molecule has 5 rings (SSSR count).